The Morgan fingerprint density at radius 1 is 0.963 bits per heavy atom. The van der Waals surface area contributed by atoms with E-state index in [-0.39, 0.29) is 37.2 Å². The molecule has 0 fully saturated rings. The maximum absolute atomic E-state index is 2.65. The van der Waals surface area contributed by atoms with Crippen LogP contribution in [0.2, 0.25) is 12.6 Å². The van der Waals surface area contributed by atoms with Gasteiger partial charge in [-0.25, -0.2) is 0 Å². The molecule has 0 saturated heterocycles. The van der Waals surface area contributed by atoms with Crippen molar-refractivity contribution in [2.24, 2.45) is 0 Å². The quantitative estimate of drug-likeness (QED) is 0.370. The molecule has 1 aliphatic carbocycles. The van der Waals surface area contributed by atoms with Crippen LogP contribution in [0.3, 0.4) is 0 Å². The Morgan fingerprint density at radius 2 is 1.52 bits per heavy atom. The third kappa shape index (κ3) is 6.49. The van der Waals surface area contributed by atoms with Crippen LogP contribution in [-0.4, -0.2) is 8.07 Å². The number of hydrogen-bond donors (Lipinski definition) is 0. The second-order valence-corrected chi connectivity index (χ2v) is 12.9. The molecule has 0 aliphatic heterocycles. The first-order valence-electron chi connectivity index (χ1n) is 9.58. The monoisotopic (exact) mass is 478 g/mol. The number of halogens is 3. The van der Waals surface area contributed by atoms with Gasteiger partial charge in [0.15, 0.2) is 0 Å². The van der Waals surface area contributed by atoms with Gasteiger partial charge in [-0.2, -0.15) is 0 Å². The fourth-order valence-electron chi connectivity index (χ4n) is 4.68. The second-order valence-electron chi connectivity index (χ2n) is 7.74. The zero-order chi connectivity index (χ0) is 17.9. The van der Waals surface area contributed by atoms with Gasteiger partial charge < -0.3 is 37.2 Å². The molecule has 0 saturated carbocycles. The summed E-state index contributed by atoms with van der Waals surface area (Å²) in [5.74, 6) is 0. The van der Waals surface area contributed by atoms with Gasteiger partial charge in [-0.3, -0.25) is 0 Å². The van der Waals surface area contributed by atoms with Gasteiger partial charge in [0.25, 0.3) is 0 Å². The molecule has 1 aromatic carbocycles. The Kier molecular flexibility index (Phi) is 14.2. The first kappa shape index (κ1) is 29.7. The summed E-state index contributed by atoms with van der Waals surface area (Å²) in [4.78, 5) is 0. The number of benzene rings is 1. The number of hydrogen-bond acceptors (Lipinski definition) is 0. The van der Waals surface area contributed by atoms with Crippen LogP contribution in [0.4, 0.5) is 0 Å². The number of aryl methyl sites for hydroxylation is 3. The van der Waals surface area contributed by atoms with Crippen LogP contribution >= 0.6 is 0 Å². The molecule has 27 heavy (non-hydrogen) atoms. The maximum Gasteiger partial charge on any atom is -1.00 e. The molecule has 0 aromatic heterocycles. The topological polar surface area (TPSA) is 0 Å². The van der Waals surface area contributed by atoms with Gasteiger partial charge in [-0.05, 0) is 0 Å². The minimum absolute atomic E-state index is 0. The summed E-state index contributed by atoms with van der Waals surface area (Å²) in [7, 11) is -1.66. The van der Waals surface area contributed by atoms with E-state index in [1.807, 2.05) is 0 Å². The average molecular weight is 480 g/mol. The molecule has 0 heterocycles. The third-order valence-corrected chi connectivity index (χ3v) is 11.3. The summed E-state index contributed by atoms with van der Waals surface area (Å²) in [6.45, 7) is 14.2. The molecule has 5 heteroatoms. The Labute approximate surface area is 198 Å². The molecule has 1 unspecified atom stereocenters. The van der Waals surface area contributed by atoms with Gasteiger partial charge in [-0.15, -0.1) is 0 Å². The molecule has 0 nitrogen and oxygen atoms in total. The summed E-state index contributed by atoms with van der Waals surface area (Å²) < 4.78 is 1.63. The predicted octanol–water partition coefficient (Wildman–Crippen LogP) is -2.82. The average Bonchev–Trinajstić information content (AvgIpc) is 2.86. The van der Waals surface area contributed by atoms with Crippen molar-refractivity contribution in [1.29, 1.82) is 0 Å². The van der Waals surface area contributed by atoms with E-state index in [0.717, 1.165) is 0 Å². The summed E-state index contributed by atoms with van der Waals surface area (Å²) in [6, 6.07) is 6.21. The fraction of sp³-hybridized carbons (Fsp3) is 0.545. The van der Waals surface area contributed by atoms with Crippen molar-refractivity contribution in [3.63, 3.8) is 0 Å². The molecule has 0 amide bonds. The first-order chi connectivity index (χ1) is 11.3. The van der Waals surface area contributed by atoms with E-state index in [1.165, 1.54) is 54.8 Å². The summed E-state index contributed by atoms with van der Waals surface area (Å²) in [6.07, 6.45) is 8.95. The molecule has 0 radical (unpaired) electrons. The van der Waals surface area contributed by atoms with Crippen molar-refractivity contribution < 1.29 is 57.7 Å². The zero-order valence-electron chi connectivity index (χ0n) is 17.6. The van der Waals surface area contributed by atoms with Crippen LogP contribution in [0.15, 0.2) is 32.9 Å². The minimum Gasteiger partial charge on any atom is -1.00 e. The molecular weight excluding hydrogens is 447 g/mol. The predicted molar refractivity (Wildman–Crippen MR) is 106 cm³/mol. The van der Waals surface area contributed by atoms with Crippen LogP contribution in [0.25, 0.3) is 0 Å². The van der Waals surface area contributed by atoms with Gasteiger partial charge in [0.2, 0.25) is 0 Å². The fourth-order valence-corrected chi connectivity index (χ4v) is 10.7. The largest absolute Gasteiger partial charge is 1.00 e. The number of rotatable bonds is 7. The van der Waals surface area contributed by atoms with E-state index in [0.29, 0.717) is 0 Å². The third-order valence-electron chi connectivity index (χ3n) is 5.55. The molecule has 1 aromatic rings. The van der Waals surface area contributed by atoms with Crippen LogP contribution in [0, 0.1) is 20.8 Å². The van der Waals surface area contributed by atoms with E-state index in [2.05, 4.69) is 79.8 Å². The molecule has 150 valence electrons. The van der Waals surface area contributed by atoms with Crippen molar-refractivity contribution >= 4 is 13.3 Å². The minimum atomic E-state index is -1.66. The summed E-state index contributed by atoms with van der Waals surface area (Å²) >= 11 is 2.36. The Bertz CT molecular complexity index is 659. The van der Waals surface area contributed by atoms with Crippen molar-refractivity contribution in [3.8, 4) is 0 Å². The molecule has 0 spiro atoms. The Morgan fingerprint density at radius 3 is 2.00 bits per heavy atom. The van der Waals surface area contributed by atoms with E-state index >= 15 is 0 Å². The molecule has 0 N–H and O–H groups in total. The SMILES string of the molecule is CCCC[Si](C)(C1=CC[C]([Ti+3])=C1CCC)c1c(C)cc(C)cc1C.[Cl-].[Cl-].[Cl-]. The number of unbranched alkanes of at least 4 members (excludes halogenated alkanes) is 1. The smallest absolute Gasteiger partial charge is 1.00 e. The maximum atomic E-state index is 2.65. The van der Waals surface area contributed by atoms with Crippen LogP contribution in [0.1, 0.15) is 62.6 Å². The molecule has 2 rings (SSSR count). The van der Waals surface area contributed by atoms with Gasteiger partial charge in [0, 0.05) is 0 Å². The van der Waals surface area contributed by atoms with Gasteiger partial charge in [0.1, 0.15) is 0 Å². The summed E-state index contributed by atoms with van der Waals surface area (Å²) in [5.41, 5.74) is 6.17. The van der Waals surface area contributed by atoms with Gasteiger partial charge in [-0.1, -0.05) is 0 Å². The molecule has 1 aliphatic rings. The zero-order valence-corrected chi connectivity index (χ0v) is 22.4. The Hall–Kier alpha value is 0.501. The molecular formula is C22H33Cl3SiTi. The van der Waals surface area contributed by atoms with E-state index in [4.69, 9.17) is 0 Å². The van der Waals surface area contributed by atoms with Crippen molar-refractivity contribution in [3.05, 3.63) is 49.5 Å². The van der Waals surface area contributed by atoms with E-state index < -0.39 is 8.07 Å². The molecule has 0 bridgehead atoms. The second kappa shape index (κ2) is 12.9. The standard InChI is InChI=1S/C22H33Si.3ClH.Ti/c1-7-9-14-23(6,21-13-10-12-20(21)11-8-2)22-18(4)15-17(3)16-19(22)5;;;;/h13,15-16H,7-11,14H2,1-6H3;3*1H;/q;;;;+3/p-3. The van der Waals surface area contributed by atoms with Crippen molar-refractivity contribution in [2.45, 2.75) is 79.3 Å². The van der Waals surface area contributed by atoms with E-state index in [9.17, 15) is 0 Å². The van der Waals surface area contributed by atoms with Crippen molar-refractivity contribution in [1.82, 2.24) is 0 Å². The van der Waals surface area contributed by atoms with E-state index in [1.54, 1.807) is 19.8 Å². The van der Waals surface area contributed by atoms with Crippen LogP contribution < -0.4 is 42.4 Å². The van der Waals surface area contributed by atoms with Gasteiger partial charge >= 0.3 is 163 Å². The normalized spacial score (nSPS) is 15.3. The number of allylic oxidation sites excluding steroid dienone is 4. The first-order valence-corrected chi connectivity index (χ1v) is 13.1. The van der Waals surface area contributed by atoms with Gasteiger partial charge in [0.05, 0.1) is 0 Å². The van der Waals surface area contributed by atoms with Crippen molar-refractivity contribution in [2.75, 3.05) is 0 Å². The van der Waals surface area contributed by atoms with Crippen LogP contribution in [-0.2, 0) is 20.4 Å². The summed E-state index contributed by atoms with van der Waals surface area (Å²) in [5, 5.41) is 3.49. The Balaban J connectivity index is 0. The van der Waals surface area contributed by atoms with Crippen LogP contribution in [0.5, 0.6) is 0 Å². The molecule has 1 atom stereocenters.